The summed E-state index contributed by atoms with van der Waals surface area (Å²) in [7, 11) is 0. The third-order valence-corrected chi connectivity index (χ3v) is 14.5. The lowest BCUT2D eigenvalue weighted by Gasteiger charge is -2.64. The van der Waals surface area contributed by atoms with E-state index in [4.69, 9.17) is 0 Å². The third-order valence-electron chi connectivity index (χ3n) is 14.5. The first-order chi connectivity index (χ1) is 23.0. The highest BCUT2D eigenvalue weighted by atomic mass is 16.4. The van der Waals surface area contributed by atoms with E-state index >= 15 is 4.79 Å². The third kappa shape index (κ3) is 5.36. The molecular formula is C42H56O7. The molecule has 0 amide bonds. The van der Waals surface area contributed by atoms with E-state index in [9.17, 15) is 30.0 Å². The Morgan fingerprint density at radius 1 is 1.04 bits per heavy atom. The summed E-state index contributed by atoms with van der Waals surface area (Å²) in [6.45, 7) is 11.7. The van der Waals surface area contributed by atoms with E-state index in [1.54, 1.807) is 0 Å². The molecule has 0 unspecified atom stereocenters. The van der Waals surface area contributed by atoms with Crippen LogP contribution in [0.3, 0.4) is 0 Å². The van der Waals surface area contributed by atoms with Gasteiger partial charge in [-0.05, 0) is 85.3 Å². The average Bonchev–Trinajstić information content (AvgIpc) is 3.66. The Hall–Kier alpha value is -2.87. The molecule has 4 N–H and O–H groups in total. The minimum Gasteiger partial charge on any atom is -0.478 e. The van der Waals surface area contributed by atoms with Crippen molar-refractivity contribution in [1.82, 2.24) is 0 Å². The molecule has 0 saturated heterocycles. The molecule has 0 aromatic heterocycles. The number of carboxylic acids is 1. The number of aliphatic hydroxyl groups is 3. The Labute approximate surface area is 291 Å². The molecule has 0 heterocycles. The molecule has 0 aliphatic heterocycles. The number of Topliss-reactive ketones (excluding diaryl/α,β-unsaturated/α-hetero) is 2. The van der Waals surface area contributed by atoms with Gasteiger partial charge in [-0.1, -0.05) is 89.9 Å². The Morgan fingerprint density at radius 2 is 1.69 bits per heavy atom. The van der Waals surface area contributed by atoms with Gasteiger partial charge < -0.3 is 20.4 Å². The van der Waals surface area contributed by atoms with Gasteiger partial charge in [-0.25, -0.2) is 4.79 Å². The molecule has 3 fully saturated rings. The molecule has 0 radical (unpaired) electrons. The Balaban J connectivity index is 1.53. The largest absolute Gasteiger partial charge is 0.478 e. The van der Waals surface area contributed by atoms with Crippen LogP contribution in [-0.2, 0) is 14.4 Å². The Bertz CT molecular complexity index is 1580. The van der Waals surface area contributed by atoms with Crippen molar-refractivity contribution in [3.8, 4) is 0 Å². The van der Waals surface area contributed by atoms with Crippen molar-refractivity contribution in [2.75, 3.05) is 0 Å². The van der Waals surface area contributed by atoms with Gasteiger partial charge in [-0.15, -0.1) is 0 Å². The number of aliphatic hydroxyl groups excluding tert-OH is 3. The highest BCUT2D eigenvalue weighted by molar-refractivity contribution is 6.01. The van der Waals surface area contributed by atoms with Crippen molar-refractivity contribution in [3.05, 3.63) is 64.8 Å². The molecular weight excluding hydrogens is 616 g/mol. The van der Waals surface area contributed by atoms with Gasteiger partial charge in [0.2, 0.25) is 0 Å². The van der Waals surface area contributed by atoms with Crippen LogP contribution in [-0.4, -0.2) is 56.3 Å². The maximum absolute atomic E-state index is 15.1. The zero-order valence-electron chi connectivity index (χ0n) is 30.1. The van der Waals surface area contributed by atoms with Crippen molar-refractivity contribution in [3.63, 3.8) is 0 Å². The quantitative estimate of drug-likeness (QED) is 0.220. The predicted octanol–water partition coefficient (Wildman–Crippen LogP) is 6.95. The highest BCUT2D eigenvalue weighted by Crippen LogP contribution is 2.75. The number of rotatable bonds is 8. The molecule has 266 valence electrons. The topological polar surface area (TPSA) is 132 Å². The predicted molar refractivity (Wildman–Crippen MR) is 189 cm³/mol. The zero-order chi connectivity index (χ0) is 35.7. The van der Waals surface area contributed by atoms with Crippen molar-refractivity contribution in [2.45, 2.75) is 118 Å². The number of hydrogen-bond acceptors (Lipinski definition) is 6. The van der Waals surface area contributed by atoms with Gasteiger partial charge in [0.15, 0.2) is 5.78 Å². The Morgan fingerprint density at radius 3 is 2.33 bits per heavy atom. The van der Waals surface area contributed by atoms with Gasteiger partial charge in [-0.2, -0.15) is 0 Å². The van der Waals surface area contributed by atoms with Crippen LogP contribution in [0.15, 0.2) is 59.2 Å². The van der Waals surface area contributed by atoms with Gasteiger partial charge in [0, 0.05) is 46.2 Å². The maximum atomic E-state index is 15.1. The zero-order valence-corrected chi connectivity index (χ0v) is 30.1. The summed E-state index contributed by atoms with van der Waals surface area (Å²) >= 11 is 0. The number of fused-ring (bicyclic) bond motifs is 4. The minimum absolute atomic E-state index is 0.0371. The van der Waals surface area contributed by atoms with Gasteiger partial charge >= 0.3 is 5.97 Å². The van der Waals surface area contributed by atoms with Crippen LogP contribution < -0.4 is 0 Å². The molecule has 7 heteroatoms. The molecule has 7 nitrogen and oxygen atoms in total. The van der Waals surface area contributed by atoms with Crippen LogP contribution >= 0.6 is 0 Å². The number of benzene rings is 1. The molecule has 5 aliphatic carbocycles. The number of carbonyl (C=O) groups is 3. The molecule has 49 heavy (non-hydrogen) atoms. The smallest absolute Gasteiger partial charge is 0.331 e. The monoisotopic (exact) mass is 672 g/mol. The number of allylic oxidation sites excluding steroid dienone is 1. The Kier molecular flexibility index (Phi) is 9.33. The van der Waals surface area contributed by atoms with E-state index in [1.165, 1.54) is 13.0 Å². The van der Waals surface area contributed by atoms with E-state index in [0.29, 0.717) is 36.8 Å². The van der Waals surface area contributed by atoms with E-state index in [1.807, 2.05) is 50.3 Å². The molecule has 6 rings (SSSR count). The van der Waals surface area contributed by atoms with E-state index in [-0.39, 0.29) is 47.2 Å². The molecule has 1 aromatic rings. The average molecular weight is 673 g/mol. The fourth-order valence-electron chi connectivity index (χ4n) is 12.4. The van der Waals surface area contributed by atoms with Crippen LogP contribution in [0.4, 0.5) is 0 Å². The second-order valence-electron chi connectivity index (χ2n) is 17.2. The number of carbonyl (C=O) groups excluding carboxylic acids is 2. The molecule has 1 aromatic carbocycles. The summed E-state index contributed by atoms with van der Waals surface area (Å²) in [5, 5.41) is 45.8. The van der Waals surface area contributed by atoms with Crippen molar-refractivity contribution < 1.29 is 34.8 Å². The molecule has 3 saturated carbocycles. The van der Waals surface area contributed by atoms with Crippen LogP contribution in [0.5, 0.6) is 0 Å². The van der Waals surface area contributed by atoms with E-state index in [0.717, 1.165) is 31.2 Å². The first-order valence-corrected chi connectivity index (χ1v) is 18.5. The van der Waals surface area contributed by atoms with E-state index < -0.39 is 51.9 Å². The first-order valence-electron chi connectivity index (χ1n) is 18.5. The van der Waals surface area contributed by atoms with Crippen LogP contribution in [0, 0.1) is 51.2 Å². The van der Waals surface area contributed by atoms with Gasteiger partial charge in [0.05, 0.1) is 18.3 Å². The maximum Gasteiger partial charge on any atom is 0.331 e. The standard InChI is InChI=1S/C42H56O7/c1-24(20-28(43)21-25(2)38(48)49)30-22-33(46)41(6)35-34(31(44)23-42(30,41)27-14-10-11-15-27)40(5)19-18-32(45)39(3,4)37(40)29(36(35)47)17-16-26-12-8-7-9-13-26/h7-9,12-13,16-17,21,24,27-30,33,36-37,43,46-47H,10-11,14-15,18-20,22-23H2,1-6H3,(H,48,49)/t24-,28+,29+,30+,33+,36-,37+,40-,41-,42+/m1/s1. The number of carboxylic acid groups (broad SMARTS) is 1. The summed E-state index contributed by atoms with van der Waals surface area (Å²) in [5.74, 6) is -1.73. The molecule has 10 atom stereocenters. The van der Waals surface area contributed by atoms with Crippen LogP contribution in [0.2, 0.25) is 0 Å². The second-order valence-corrected chi connectivity index (χ2v) is 17.2. The fraction of sp³-hybridized carbons (Fsp3) is 0.643. The van der Waals surface area contributed by atoms with Crippen molar-refractivity contribution >= 4 is 23.6 Å². The summed E-state index contributed by atoms with van der Waals surface area (Å²) in [6.07, 6.45) is 8.50. The number of hydrogen-bond donors (Lipinski definition) is 4. The summed E-state index contributed by atoms with van der Waals surface area (Å²) in [6, 6.07) is 9.93. The molecule has 0 bridgehead atoms. The van der Waals surface area contributed by atoms with E-state index in [2.05, 4.69) is 26.8 Å². The second kappa shape index (κ2) is 12.7. The highest BCUT2D eigenvalue weighted by Gasteiger charge is 2.74. The van der Waals surface area contributed by atoms with Gasteiger partial charge in [-0.3, -0.25) is 9.59 Å². The lowest BCUT2D eigenvalue weighted by atomic mass is 9.38. The summed E-state index contributed by atoms with van der Waals surface area (Å²) in [4.78, 5) is 40.2. The minimum atomic E-state index is -1.07. The van der Waals surface area contributed by atoms with Crippen LogP contribution in [0.25, 0.3) is 6.08 Å². The summed E-state index contributed by atoms with van der Waals surface area (Å²) < 4.78 is 0. The molecule has 5 aliphatic rings. The van der Waals surface area contributed by atoms with Gasteiger partial charge in [0.25, 0.3) is 0 Å². The molecule has 0 spiro atoms. The number of aliphatic carboxylic acids is 1. The fourth-order valence-corrected chi connectivity index (χ4v) is 12.4. The summed E-state index contributed by atoms with van der Waals surface area (Å²) in [5.41, 5.74) is -0.573. The lowest BCUT2D eigenvalue weighted by molar-refractivity contribution is -0.154. The van der Waals surface area contributed by atoms with Crippen LogP contribution in [0.1, 0.15) is 105 Å². The normalized spacial score (nSPS) is 39.1. The first kappa shape index (κ1) is 35.9. The lowest BCUT2D eigenvalue weighted by Crippen LogP contribution is -2.64. The van der Waals surface area contributed by atoms with Crippen molar-refractivity contribution in [1.29, 1.82) is 0 Å². The van der Waals surface area contributed by atoms with Gasteiger partial charge in [0.1, 0.15) is 5.78 Å². The number of ketones is 2. The SMILES string of the molecule is CC(=C[C@@H](O)C[C@@H](C)[C@@H]1C[C@H](O)[C@]2(C)C3=C(C(=O)C[C@]12C1CCCC1)[C@@]1(C)CCC(=O)C(C)(C)[C@@H]1[C@@H](C=Cc1ccccc1)[C@H]3O)C(=O)O. The van der Waals surface area contributed by atoms with Crippen molar-refractivity contribution in [2.24, 2.45) is 51.2 Å².